The summed E-state index contributed by atoms with van der Waals surface area (Å²) in [5, 5.41) is 16.3. The van der Waals surface area contributed by atoms with Crippen molar-refractivity contribution >= 4 is 5.91 Å². The zero-order chi connectivity index (χ0) is 7.98. The molecule has 4 heteroatoms. The van der Waals surface area contributed by atoms with Crippen molar-refractivity contribution in [2.45, 2.75) is 0 Å². The minimum Gasteiger partial charge on any atom is -0.516 e. The van der Waals surface area contributed by atoms with Gasteiger partial charge >= 0.3 is 0 Å². The molecule has 0 atom stereocenters. The maximum absolute atomic E-state index is 10.3. The maximum atomic E-state index is 10.3. The highest BCUT2D eigenvalue weighted by molar-refractivity contribution is 5.96. The summed E-state index contributed by atoms with van der Waals surface area (Å²) >= 11 is 0. The van der Waals surface area contributed by atoms with Crippen LogP contribution in [-0.2, 0) is 4.79 Å². The Kier molecular flexibility index (Phi) is 3.42. The van der Waals surface area contributed by atoms with Crippen LogP contribution >= 0.6 is 0 Å². The molecule has 0 saturated carbocycles. The third kappa shape index (κ3) is 2.52. The molecule has 4 nitrogen and oxygen atoms in total. The molecule has 10 heavy (non-hydrogen) atoms. The van der Waals surface area contributed by atoms with Crippen LogP contribution < -0.4 is 5.73 Å². The van der Waals surface area contributed by atoms with Crippen LogP contribution in [0.15, 0.2) is 24.0 Å². The lowest BCUT2D eigenvalue weighted by atomic mass is 10.2. The Balaban J connectivity index is 4.38. The summed E-state index contributed by atoms with van der Waals surface area (Å²) in [6.07, 6.45) is 2.98. The first-order chi connectivity index (χ1) is 4.72. The van der Waals surface area contributed by atoms with Gasteiger partial charge in [-0.2, -0.15) is 5.26 Å². The van der Waals surface area contributed by atoms with Crippen LogP contribution in [0.4, 0.5) is 0 Å². The van der Waals surface area contributed by atoms with Crippen LogP contribution in [-0.4, -0.2) is 11.0 Å². The van der Waals surface area contributed by atoms with E-state index in [0.29, 0.717) is 6.26 Å². The topological polar surface area (TPSA) is 87.1 Å². The van der Waals surface area contributed by atoms with Gasteiger partial charge in [-0.05, 0) is 12.2 Å². The number of hydrogen-bond donors (Lipinski definition) is 2. The first-order valence-electron chi connectivity index (χ1n) is 2.43. The molecule has 52 valence electrons. The zero-order valence-electron chi connectivity index (χ0n) is 5.11. The summed E-state index contributed by atoms with van der Waals surface area (Å²) in [5.74, 6) is -0.805. The van der Waals surface area contributed by atoms with E-state index in [0.717, 1.165) is 12.2 Å². The van der Waals surface area contributed by atoms with E-state index in [4.69, 9.17) is 16.1 Å². The molecule has 0 aliphatic carbocycles. The molecule has 0 aromatic heterocycles. The molecule has 0 saturated heterocycles. The number of amides is 1. The average Bonchev–Trinajstić information content (AvgIpc) is 1.89. The van der Waals surface area contributed by atoms with Gasteiger partial charge in [-0.25, -0.2) is 0 Å². The lowest BCUT2D eigenvalue weighted by Gasteiger charge is -1.83. The highest BCUT2D eigenvalue weighted by Crippen LogP contribution is 1.89. The highest BCUT2D eigenvalue weighted by Gasteiger charge is 1.98. The molecule has 0 unspecified atom stereocenters. The molecule has 0 heterocycles. The van der Waals surface area contributed by atoms with Crippen molar-refractivity contribution in [1.29, 1.82) is 5.26 Å². The standard InChI is InChI=1S/C6H6N2O2/c7-4-5(6(8)10)2-1-3-9/h1-3,9H,(H2,8,10)/b3-1+,5-2+. The molecule has 0 aromatic carbocycles. The quantitative estimate of drug-likeness (QED) is 0.243. The van der Waals surface area contributed by atoms with Gasteiger partial charge in [0.25, 0.3) is 5.91 Å². The van der Waals surface area contributed by atoms with Gasteiger partial charge in [0.15, 0.2) is 0 Å². The second kappa shape index (κ2) is 4.15. The highest BCUT2D eigenvalue weighted by atomic mass is 16.2. The van der Waals surface area contributed by atoms with Crippen molar-refractivity contribution in [1.82, 2.24) is 0 Å². The Morgan fingerprint density at radius 2 is 2.30 bits per heavy atom. The smallest absolute Gasteiger partial charge is 0.259 e. The molecule has 1 amide bonds. The summed E-state index contributed by atoms with van der Waals surface area (Å²) in [4.78, 5) is 10.3. The number of aliphatic hydroxyl groups is 1. The average molecular weight is 138 g/mol. The number of carbonyl (C=O) groups is 1. The molecule has 0 rings (SSSR count). The predicted molar refractivity (Wildman–Crippen MR) is 34.7 cm³/mol. The third-order valence-corrected chi connectivity index (χ3v) is 0.735. The number of nitrogens with two attached hydrogens (primary N) is 1. The fourth-order valence-corrected chi connectivity index (χ4v) is 0.314. The van der Waals surface area contributed by atoms with Gasteiger partial charge in [-0.15, -0.1) is 0 Å². The molecule has 0 radical (unpaired) electrons. The van der Waals surface area contributed by atoms with E-state index in [1.807, 2.05) is 0 Å². The van der Waals surface area contributed by atoms with Crippen molar-refractivity contribution in [3.8, 4) is 6.07 Å². The van der Waals surface area contributed by atoms with E-state index in [1.165, 1.54) is 0 Å². The van der Waals surface area contributed by atoms with Gasteiger partial charge < -0.3 is 10.8 Å². The molecule has 0 spiro atoms. The third-order valence-electron chi connectivity index (χ3n) is 0.735. The van der Waals surface area contributed by atoms with E-state index < -0.39 is 5.91 Å². The first-order valence-corrected chi connectivity index (χ1v) is 2.43. The number of nitriles is 1. The lowest BCUT2D eigenvalue weighted by molar-refractivity contribution is -0.114. The van der Waals surface area contributed by atoms with Crippen LogP contribution in [0.25, 0.3) is 0 Å². The minimum absolute atomic E-state index is 0.190. The lowest BCUT2D eigenvalue weighted by Crippen LogP contribution is -2.12. The summed E-state index contributed by atoms with van der Waals surface area (Å²) in [6.45, 7) is 0. The van der Waals surface area contributed by atoms with Crippen LogP contribution in [0, 0.1) is 11.3 Å². The van der Waals surface area contributed by atoms with Crippen molar-refractivity contribution in [3.05, 3.63) is 24.0 Å². The van der Waals surface area contributed by atoms with Gasteiger partial charge in [0.1, 0.15) is 11.6 Å². The van der Waals surface area contributed by atoms with E-state index in [-0.39, 0.29) is 5.57 Å². The number of aliphatic hydroxyl groups excluding tert-OH is 1. The number of carbonyl (C=O) groups excluding carboxylic acids is 1. The summed E-state index contributed by atoms with van der Waals surface area (Å²) in [5.41, 5.74) is 4.55. The van der Waals surface area contributed by atoms with Crippen molar-refractivity contribution in [2.24, 2.45) is 5.73 Å². The number of allylic oxidation sites excluding steroid dienone is 2. The Morgan fingerprint density at radius 3 is 2.60 bits per heavy atom. The second-order valence-corrected chi connectivity index (χ2v) is 1.40. The summed E-state index contributed by atoms with van der Waals surface area (Å²) in [6, 6.07) is 1.56. The van der Waals surface area contributed by atoms with Gasteiger partial charge in [0.2, 0.25) is 0 Å². The molecule has 0 aliphatic heterocycles. The molecular weight excluding hydrogens is 132 g/mol. The Bertz CT molecular complexity index is 222. The predicted octanol–water partition coefficient (Wildman–Crippen LogP) is -0.00662. The van der Waals surface area contributed by atoms with Crippen molar-refractivity contribution < 1.29 is 9.90 Å². The van der Waals surface area contributed by atoms with Crippen LogP contribution in [0.5, 0.6) is 0 Å². The van der Waals surface area contributed by atoms with Crippen molar-refractivity contribution in [2.75, 3.05) is 0 Å². The van der Waals surface area contributed by atoms with Crippen molar-refractivity contribution in [3.63, 3.8) is 0 Å². The SMILES string of the molecule is N#C/C(=C\C=C\O)C(N)=O. The normalized spacial score (nSPS) is 11.3. The fraction of sp³-hybridized carbons (Fsp3) is 0. The van der Waals surface area contributed by atoms with Gasteiger partial charge in [-0.1, -0.05) is 0 Å². The number of primary amides is 1. The largest absolute Gasteiger partial charge is 0.516 e. The van der Waals surface area contributed by atoms with Crippen LogP contribution in [0.2, 0.25) is 0 Å². The minimum atomic E-state index is -0.805. The monoisotopic (exact) mass is 138 g/mol. The Labute approximate surface area is 57.9 Å². The molecule has 3 N–H and O–H groups in total. The molecule has 0 bridgehead atoms. The van der Waals surface area contributed by atoms with E-state index >= 15 is 0 Å². The summed E-state index contributed by atoms with van der Waals surface area (Å²) < 4.78 is 0. The zero-order valence-corrected chi connectivity index (χ0v) is 5.11. The fourth-order valence-electron chi connectivity index (χ4n) is 0.314. The molecule has 0 aromatic rings. The van der Waals surface area contributed by atoms with E-state index in [9.17, 15) is 4.79 Å². The van der Waals surface area contributed by atoms with E-state index in [1.54, 1.807) is 6.07 Å². The first kappa shape index (κ1) is 8.24. The van der Waals surface area contributed by atoms with Gasteiger partial charge in [-0.3, -0.25) is 4.79 Å². The van der Waals surface area contributed by atoms with E-state index in [2.05, 4.69) is 0 Å². The number of hydrogen-bond acceptors (Lipinski definition) is 3. The number of rotatable bonds is 2. The summed E-state index contributed by atoms with van der Waals surface area (Å²) in [7, 11) is 0. The Hall–Kier alpha value is -1.76. The maximum Gasteiger partial charge on any atom is 0.259 e. The second-order valence-electron chi connectivity index (χ2n) is 1.40. The number of nitrogens with zero attached hydrogens (tertiary/aromatic N) is 1. The van der Waals surface area contributed by atoms with Crippen LogP contribution in [0.1, 0.15) is 0 Å². The molecular formula is C6H6N2O2. The van der Waals surface area contributed by atoms with Gasteiger partial charge in [0.05, 0.1) is 6.26 Å². The van der Waals surface area contributed by atoms with Crippen LogP contribution in [0.3, 0.4) is 0 Å². The molecule has 0 aliphatic rings. The molecule has 0 fully saturated rings. The Morgan fingerprint density at radius 1 is 1.70 bits per heavy atom. The van der Waals surface area contributed by atoms with Gasteiger partial charge in [0, 0.05) is 0 Å².